The number of rotatable bonds is 8. The van der Waals surface area contributed by atoms with E-state index in [4.69, 9.17) is 4.74 Å². The second-order valence-corrected chi connectivity index (χ2v) is 5.10. The number of benzene rings is 1. The van der Waals surface area contributed by atoms with E-state index in [0.29, 0.717) is 25.3 Å². The molecule has 0 saturated heterocycles. The minimum Gasteiger partial charge on any atom is -0.383 e. The van der Waals surface area contributed by atoms with Crippen LogP contribution in [-0.2, 0) is 14.9 Å². The predicted molar refractivity (Wildman–Crippen MR) is 84.4 cm³/mol. The summed E-state index contributed by atoms with van der Waals surface area (Å²) in [6.07, 6.45) is 0. The van der Waals surface area contributed by atoms with Gasteiger partial charge in [0.2, 0.25) is 5.91 Å². The van der Waals surface area contributed by atoms with E-state index in [2.05, 4.69) is 10.6 Å². The number of ether oxygens (including phenoxy) is 1. The van der Waals surface area contributed by atoms with Gasteiger partial charge in [-0.1, -0.05) is 18.2 Å². The van der Waals surface area contributed by atoms with Crippen molar-refractivity contribution >= 4 is 18.3 Å². The first-order valence-electron chi connectivity index (χ1n) is 6.73. The SMILES string of the molecule is COCCNCCNC(=O)C(C)(C)c1ccccc1F.Cl. The third-order valence-corrected chi connectivity index (χ3v) is 3.19. The average Bonchev–Trinajstić information content (AvgIpc) is 2.42. The lowest BCUT2D eigenvalue weighted by atomic mass is 9.83. The van der Waals surface area contributed by atoms with Gasteiger partial charge in [-0.05, 0) is 19.9 Å². The molecule has 0 aliphatic heterocycles. The molecule has 0 aliphatic rings. The summed E-state index contributed by atoms with van der Waals surface area (Å²) in [5.74, 6) is -0.540. The van der Waals surface area contributed by atoms with Crippen LogP contribution in [0.1, 0.15) is 19.4 Å². The van der Waals surface area contributed by atoms with Gasteiger partial charge >= 0.3 is 0 Å². The topological polar surface area (TPSA) is 50.4 Å². The average molecular weight is 319 g/mol. The molecule has 4 nitrogen and oxygen atoms in total. The number of hydrogen-bond donors (Lipinski definition) is 2. The summed E-state index contributed by atoms with van der Waals surface area (Å²) in [6, 6.07) is 6.37. The molecule has 0 heterocycles. The van der Waals surface area contributed by atoms with Crippen LogP contribution in [0.3, 0.4) is 0 Å². The Kier molecular flexibility index (Phi) is 9.17. The first kappa shape index (κ1) is 19.8. The van der Waals surface area contributed by atoms with Crippen molar-refractivity contribution in [1.29, 1.82) is 0 Å². The molecule has 120 valence electrons. The number of halogens is 2. The lowest BCUT2D eigenvalue weighted by molar-refractivity contribution is -0.125. The van der Waals surface area contributed by atoms with Gasteiger partial charge < -0.3 is 15.4 Å². The molecule has 0 atom stereocenters. The van der Waals surface area contributed by atoms with Crippen molar-refractivity contribution in [3.63, 3.8) is 0 Å². The van der Waals surface area contributed by atoms with Crippen LogP contribution in [0.5, 0.6) is 0 Å². The maximum absolute atomic E-state index is 13.8. The van der Waals surface area contributed by atoms with E-state index >= 15 is 0 Å². The Bertz CT molecular complexity index is 441. The van der Waals surface area contributed by atoms with E-state index in [1.54, 1.807) is 39.2 Å². The van der Waals surface area contributed by atoms with Crippen LogP contribution in [0.4, 0.5) is 4.39 Å². The summed E-state index contributed by atoms with van der Waals surface area (Å²) in [5.41, 5.74) is -0.484. The van der Waals surface area contributed by atoms with Gasteiger partial charge in [0.1, 0.15) is 5.82 Å². The Labute approximate surface area is 131 Å². The third-order valence-electron chi connectivity index (χ3n) is 3.19. The molecule has 6 heteroatoms. The van der Waals surface area contributed by atoms with Gasteiger partial charge in [-0.3, -0.25) is 4.79 Å². The van der Waals surface area contributed by atoms with Crippen molar-refractivity contribution in [3.05, 3.63) is 35.6 Å². The molecule has 0 spiro atoms. The molecule has 0 radical (unpaired) electrons. The summed E-state index contributed by atoms with van der Waals surface area (Å²) >= 11 is 0. The van der Waals surface area contributed by atoms with Crippen molar-refractivity contribution in [3.8, 4) is 0 Å². The zero-order valence-corrected chi connectivity index (χ0v) is 13.6. The molecule has 1 amide bonds. The minimum absolute atomic E-state index is 0. The molecular weight excluding hydrogens is 295 g/mol. The van der Waals surface area contributed by atoms with Gasteiger partial charge in [-0.25, -0.2) is 4.39 Å². The molecule has 21 heavy (non-hydrogen) atoms. The summed E-state index contributed by atoms with van der Waals surface area (Å²) < 4.78 is 18.7. The van der Waals surface area contributed by atoms with Crippen molar-refractivity contribution in [2.45, 2.75) is 19.3 Å². The van der Waals surface area contributed by atoms with E-state index < -0.39 is 5.41 Å². The van der Waals surface area contributed by atoms with Gasteiger partial charge in [0.25, 0.3) is 0 Å². The van der Waals surface area contributed by atoms with Crippen molar-refractivity contribution in [2.24, 2.45) is 0 Å². The molecule has 0 saturated carbocycles. The lowest BCUT2D eigenvalue weighted by Crippen LogP contribution is -2.43. The highest BCUT2D eigenvalue weighted by atomic mass is 35.5. The second-order valence-electron chi connectivity index (χ2n) is 5.10. The fourth-order valence-corrected chi connectivity index (χ4v) is 1.88. The summed E-state index contributed by atoms with van der Waals surface area (Å²) in [4.78, 5) is 12.2. The van der Waals surface area contributed by atoms with E-state index in [0.717, 1.165) is 6.54 Å². The Morgan fingerprint density at radius 2 is 1.90 bits per heavy atom. The van der Waals surface area contributed by atoms with Crippen molar-refractivity contribution in [1.82, 2.24) is 10.6 Å². The summed E-state index contributed by atoms with van der Waals surface area (Å²) in [5, 5.41) is 5.95. The number of hydrogen-bond acceptors (Lipinski definition) is 3. The fourth-order valence-electron chi connectivity index (χ4n) is 1.88. The largest absolute Gasteiger partial charge is 0.383 e. The highest BCUT2D eigenvalue weighted by molar-refractivity contribution is 5.87. The normalized spacial score (nSPS) is 10.9. The quantitative estimate of drug-likeness (QED) is 0.720. The van der Waals surface area contributed by atoms with E-state index in [1.807, 2.05) is 0 Å². The zero-order chi connectivity index (χ0) is 15.0. The summed E-state index contributed by atoms with van der Waals surface area (Å²) in [6.45, 7) is 5.97. The number of methoxy groups -OCH3 is 1. The van der Waals surface area contributed by atoms with Gasteiger partial charge in [0.15, 0.2) is 0 Å². The molecule has 1 aromatic carbocycles. The molecule has 0 fully saturated rings. The molecule has 1 aromatic rings. The number of nitrogens with one attached hydrogen (secondary N) is 2. The van der Waals surface area contributed by atoms with Gasteiger partial charge in [0, 0.05) is 32.3 Å². The highest BCUT2D eigenvalue weighted by Gasteiger charge is 2.31. The second kappa shape index (κ2) is 9.71. The molecule has 0 unspecified atom stereocenters. The van der Waals surface area contributed by atoms with Crippen LogP contribution < -0.4 is 10.6 Å². The first-order chi connectivity index (χ1) is 9.50. The Morgan fingerprint density at radius 1 is 1.24 bits per heavy atom. The fraction of sp³-hybridized carbons (Fsp3) is 0.533. The third kappa shape index (κ3) is 5.99. The highest BCUT2D eigenvalue weighted by Crippen LogP contribution is 2.25. The van der Waals surface area contributed by atoms with E-state index in [1.165, 1.54) is 6.07 Å². The monoisotopic (exact) mass is 318 g/mol. The smallest absolute Gasteiger partial charge is 0.230 e. The van der Waals surface area contributed by atoms with E-state index in [-0.39, 0.29) is 24.1 Å². The zero-order valence-electron chi connectivity index (χ0n) is 12.7. The Balaban J connectivity index is 0.00000400. The van der Waals surface area contributed by atoms with E-state index in [9.17, 15) is 9.18 Å². The number of carbonyl (C=O) groups excluding carboxylic acids is 1. The predicted octanol–water partition coefficient (Wildman–Crippen LogP) is 1.88. The molecular formula is C15H24ClFN2O2. The van der Waals surface area contributed by atoms with Crippen LogP contribution in [0, 0.1) is 5.82 Å². The van der Waals surface area contributed by atoms with Crippen LogP contribution in [0.2, 0.25) is 0 Å². The number of amides is 1. The van der Waals surface area contributed by atoms with Crippen LogP contribution in [0.25, 0.3) is 0 Å². The van der Waals surface area contributed by atoms with Gasteiger partial charge in [0.05, 0.1) is 12.0 Å². The molecule has 0 bridgehead atoms. The van der Waals surface area contributed by atoms with Crippen LogP contribution >= 0.6 is 12.4 Å². The summed E-state index contributed by atoms with van der Waals surface area (Å²) in [7, 11) is 1.64. The van der Waals surface area contributed by atoms with Crippen molar-refractivity contribution in [2.75, 3.05) is 33.4 Å². The Hall–Kier alpha value is -1.17. The van der Waals surface area contributed by atoms with Gasteiger partial charge in [-0.15, -0.1) is 12.4 Å². The first-order valence-corrected chi connectivity index (χ1v) is 6.73. The van der Waals surface area contributed by atoms with Gasteiger partial charge in [-0.2, -0.15) is 0 Å². The molecule has 0 aromatic heterocycles. The molecule has 1 rings (SSSR count). The lowest BCUT2D eigenvalue weighted by Gasteiger charge is -2.24. The van der Waals surface area contributed by atoms with Crippen LogP contribution in [0.15, 0.2) is 24.3 Å². The Morgan fingerprint density at radius 3 is 2.52 bits per heavy atom. The maximum atomic E-state index is 13.8. The molecule has 0 aliphatic carbocycles. The standard InChI is InChI=1S/C15H23FN2O2.ClH/c1-15(2,12-6-4-5-7-13(12)16)14(19)18-9-8-17-10-11-20-3;/h4-7,17H,8-11H2,1-3H3,(H,18,19);1H. The van der Waals surface area contributed by atoms with Crippen LogP contribution in [-0.4, -0.2) is 39.3 Å². The minimum atomic E-state index is -0.891. The van der Waals surface area contributed by atoms with Crippen molar-refractivity contribution < 1.29 is 13.9 Å². The number of carbonyl (C=O) groups is 1. The molecule has 2 N–H and O–H groups in total. The maximum Gasteiger partial charge on any atom is 0.230 e.